The Morgan fingerprint density at radius 1 is 1.53 bits per heavy atom. The van der Waals surface area contributed by atoms with Gasteiger partial charge < -0.3 is 10.1 Å². The normalized spacial score (nSPS) is 17.9. The fourth-order valence-electron chi connectivity index (χ4n) is 1.86. The molecule has 0 unspecified atom stereocenters. The van der Waals surface area contributed by atoms with Crippen LogP contribution in [0.2, 0.25) is 0 Å². The molecule has 1 saturated heterocycles. The molecule has 0 atom stereocenters. The zero-order valence-corrected chi connectivity index (χ0v) is 9.43. The van der Waals surface area contributed by atoms with E-state index in [0.29, 0.717) is 11.6 Å². The first-order chi connectivity index (χ1) is 7.18. The molecule has 0 spiro atoms. The molecule has 1 aromatic rings. The molecule has 1 aliphatic rings. The second-order valence-electron chi connectivity index (χ2n) is 3.79. The number of thioether (sulfide) groups is 1. The van der Waals surface area contributed by atoms with Crippen LogP contribution in [-0.4, -0.2) is 32.5 Å². The Morgan fingerprint density at radius 2 is 2.20 bits per heavy atom. The van der Waals surface area contributed by atoms with Crippen molar-refractivity contribution in [3.63, 3.8) is 0 Å². The van der Waals surface area contributed by atoms with Gasteiger partial charge in [-0.15, -0.1) is 0 Å². The predicted octanol–water partition coefficient (Wildman–Crippen LogP) is 2.03. The van der Waals surface area contributed by atoms with Crippen LogP contribution in [0.15, 0.2) is 0 Å². The van der Waals surface area contributed by atoms with Crippen LogP contribution in [0.3, 0.4) is 0 Å². The van der Waals surface area contributed by atoms with Crippen LogP contribution >= 0.6 is 11.8 Å². The van der Waals surface area contributed by atoms with Crippen LogP contribution in [0.5, 0.6) is 0 Å². The molecule has 1 fully saturated rings. The Bertz CT molecular complexity index is 369. The number of nitrogens with zero attached hydrogens (tertiary/aromatic N) is 1. The first-order valence-corrected chi connectivity index (χ1v) is 6.21. The minimum Gasteiger partial charge on any atom is -0.476 e. The number of aromatic amines is 1. The number of carboxylic acid groups (broad SMARTS) is 1. The van der Waals surface area contributed by atoms with Crippen LogP contribution in [0.1, 0.15) is 40.8 Å². The van der Waals surface area contributed by atoms with Crippen LogP contribution < -0.4 is 0 Å². The van der Waals surface area contributed by atoms with Crippen molar-refractivity contribution in [3.05, 3.63) is 17.2 Å². The van der Waals surface area contributed by atoms with E-state index >= 15 is 0 Å². The summed E-state index contributed by atoms with van der Waals surface area (Å²) in [6.07, 6.45) is 2.19. The van der Waals surface area contributed by atoms with Gasteiger partial charge in [-0.3, -0.25) is 0 Å². The molecule has 2 heterocycles. The number of aromatic nitrogens is 2. The third kappa shape index (κ3) is 2.17. The highest BCUT2D eigenvalue weighted by molar-refractivity contribution is 7.99. The highest BCUT2D eigenvalue weighted by atomic mass is 32.2. The molecule has 5 heteroatoms. The summed E-state index contributed by atoms with van der Waals surface area (Å²) in [5.74, 6) is 2.61. The third-order valence-corrected chi connectivity index (χ3v) is 3.76. The van der Waals surface area contributed by atoms with Gasteiger partial charge in [0, 0.05) is 11.6 Å². The van der Waals surface area contributed by atoms with Gasteiger partial charge in [-0.1, -0.05) is 0 Å². The van der Waals surface area contributed by atoms with Gasteiger partial charge in [0.15, 0.2) is 5.69 Å². The molecule has 0 saturated carbocycles. The number of carbonyl (C=O) groups is 1. The molecular weight excluding hydrogens is 212 g/mol. The van der Waals surface area contributed by atoms with Crippen molar-refractivity contribution in [2.45, 2.75) is 25.7 Å². The van der Waals surface area contributed by atoms with E-state index in [4.69, 9.17) is 5.11 Å². The van der Waals surface area contributed by atoms with Gasteiger partial charge in [0.25, 0.3) is 0 Å². The molecule has 0 radical (unpaired) electrons. The Kier molecular flexibility index (Phi) is 3.00. The Labute approximate surface area is 92.5 Å². The average Bonchev–Trinajstić information content (AvgIpc) is 2.62. The van der Waals surface area contributed by atoms with E-state index in [-0.39, 0.29) is 5.69 Å². The van der Waals surface area contributed by atoms with Crippen molar-refractivity contribution in [1.82, 2.24) is 9.97 Å². The molecule has 0 amide bonds. The maximum atomic E-state index is 10.8. The quantitative estimate of drug-likeness (QED) is 0.809. The number of imidazole rings is 1. The summed E-state index contributed by atoms with van der Waals surface area (Å²) in [6, 6.07) is 0. The van der Waals surface area contributed by atoms with Crippen LogP contribution in [0.4, 0.5) is 0 Å². The first-order valence-electron chi connectivity index (χ1n) is 5.06. The second kappa shape index (κ2) is 4.26. The van der Waals surface area contributed by atoms with Crippen LogP contribution in [0, 0.1) is 6.92 Å². The number of H-pyrrole nitrogens is 1. The van der Waals surface area contributed by atoms with Gasteiger partial charge in [0.2, 0.25) is 0 Å². The van der Waals surface area contributed by atoms with E-state index in [2.05, 4.69) is 9.97 Å². The number of nitrogens with one attached hydrogen (secondary N) is 1. The standard InChI is InChI=1S/C10H14N2O2S/c1-6-8(10(13)14)12-9(11-6)7-2-4-15-5-3-7/h7H,2-5H2,1H3,(H,11,12)(H,13,14). The Balaban J connectivity index is 2.21. The van der Waals surface area contributed by atoms with Gasteiger partial charge in [0.05, 0.1) is 0 Å². The van der Waals surface area contributed by atoms with Crippen molar-refractivity contribution in [1.29, 1.82) is 0 Å². The number of rotatable bonds is 2. The van der Waals surface area contributed by atoms with E-state index in [1.807, 2.05) is 11.8 Å². The summed E-state index contributed by atoms with van der Waals surface area (Å²) >= 11 is 1.95. The lowest BCUT2D eigenvalue weighted by Crippen LogP contribution is -2.09. The number of aromatic carboxylic acids is 1. The topological polar surface area (TPSA) is 66.0 Å². The summed E-state index contributed by atoms with van der Waals surface area (Å²) in [7, 11) is 0. The van der Waals surface area contributed by atoms with Gasteiger partial charge in [-0.2, -0.15) is 11.8 Å². The molecule has 1 aromatic heterocycles. The SMILES string of the molecule is Cc1[nH]c(C2CCSCC2)nc1C(=O)O. The summed E-state index contributed by atoms with van der Waals surface area (Å²) in [6.45, 7) is 1.76. The van der Waals surface area contributed by atoms with Crippen molar-refractivity contribution < 1.29 is 9.90 Å². The van der Waals surface area contributed by atoms with Crippen molar-refractivity contribution in [3.8, 4) is 0 Å². The molecule has 1 aliphatic heterocycles. The fraction of sp³-hybridized carbons (Fsp3) is 0.600. The lowest BCUT2D eigenvalue weighted by molar-refractivity contribution is 0.0690. The fourth-order valence-corrected chi connectivity index (χ4v) is 2.96. The van der Waals surface area contributed by atoms with Gasteiger partial charge >= 0.3 is 5.97 Å². The maximum absolute atomic E-state index is 10.8. The van der Waals surface area contributed by atoms with Crippen molar-refractivity contribution in [2.24, 2.45) is 0 Å². The highest BCUT2D eigenvalue weighted by Gasteiger charge is 2.21. The molecule has 0 aromatic carbocycles. The number of hydrogen-bond acceptors (Lipinski definition) is 3. The highest BCUT2D eigenvalue weighted by Crippen LogP contribution is 2.30. The number of aryl methyl sites for hydroxylation is 1. The van der Waals surface area contributed by atoms with E-state index in [1.165, 1.54) is 0 Å². The smallest absolute Gasteiger partial charge is 0.356 e. The number of hydrogen-bond donors (Lipinski definition) is 2. The third-order valence-electron chi connectivity index (χ3n) is 2.71. The summed E-state index contributed by atoms with van der Waals surface area (Å²) in [5, 5.41) is 8.89. The Morgan fingerprint density at radius 3 is 2.73 bits per heavy atom. The molecular formula is C10H14N2O2S. The van der Waals surface area contributed by atoms with E-state index in [1.54, 1.807) is 6.92 Å². The summed E-state index contributed by atoms with van der Waals surface area (Å²) in [5.41, 5.74) is 0.832. The Hall–Kier alpha value is -0.970. The molecule has 82 valence electrons. The second-order valence-corrected chi connectivity index (χ2v) is 5.01. The molecule has 0 aliphatic carbocycles. The van der Waals surface area contributed by atoms with Crippen LogP contribution in [0.25, 0.3) is 0 Å². The van der Waals surface area contributed by atoms with E-state index < -0.39 is 5.97 Å². The number of carboxylic acids is 1. The van der Waals surface area contributed by atoms with Gasteiger partial charge in [-0.05, 0) is 31.3 Å². The zero-order chi connectivity index (χ0) is 10.8. The maximum Gasteiger partial charge on any atom is 0.356 e. The van der Waals surface area contributed by atoms with Gasteiger partial charge in [0.1, 0.15) is 5.82 Å². The molecule has 15 heavy (non-hydrogen) atoms. The zero-order valence-electron chi connectivity index (χ0n) is 8.62. The van der Waals surface area contributed by atoms with Gasteiger partial charge in [-0.25, -0.2) is 9.78 Å². The largest absolute Gasteiger partial charge is 0.476 e. The lowest BCUT2D eigenvalue weighted by Gasteiger charge is -2.18. The van der Waals surface area contributed by atoms with Crippen molar-refractivity contribution >= 4 is 17.7 Å². The van der Waals surface area contributed by atoms with Crippen molar-refractivity contribution in [2.75, 3.05) is 11.5 Å². The minimum atomic E-state index is -0.944. The molecule has 2 rings (SSSR count). The van der Waals surface area contributed by atoms with E-state index in [9.17, 15) is 4.79 Å². The average molecular weight is 226 g/mol. The molecule has 4 nitrogen and oxygen atoms in total. The monoisotopic (exact) mass is 226 g/mol. The predicted molar refractivity (Wildman–Crippen MR) is 59.6 cm³/mol. The minimum absolute atomic E-state index is 0.170. The summed E-state index contributed by atoms with van der Waals surface area (Å²) in [4.78, 5) is 18.1. The van der Waals surface area contributed by atoms with E-state index in [0.717, 1.165) is 30.2 Å². The first kappa shape index (κ1) is 10.5. The molecule has 0 bridgehead atoms. The molecule has 2 N–H and O–H groups in total. The summed E-state index contributed by atoms with van der Waals surface area (Å²) < 4.78 is 0. The van der Waals surface area contributed by atoms with Crippen LogP contribution in [-0.2, 0) is 0 Å². The lowest BCUT2D eigenvalue weighted by atomic mass is 10.0.